The van der Waals surface area contributed by atoms with Gasteiger partial charge in [0.15, 0.2) is 22.5 Å². The summed E-state index contributed by atoms with van der Waals surface area (Å²) >= 11 is 7.08. The average molecular weight is 706 g/mol. The quantitative estimate of drug-likeness (QED) is 0.130. The van der Waals surface area contributed by atoms with Gasteiger partial charge in [0.1, 0.15) is 0 Å². The Labute approximate surface area is 285 Å². The van der Waals surface area contributed by atoms with Crippen LogP contribution in [0.1, 0.15) is 53.6 Å². The molecule has 0 aliphatic carbocycles. The zero-order chi connectivity index (χ0) is 35.0. The monoisotopic (exact) mass is 705 g/mol. The predicted molar refractivity (Wildman–Crippen MR) is 178 cm³/mol. The average Bonchev–Trinajstić information content (AvgIpc) is 3.44. The van der Waals surface area contributed by atoms with E-state index in [4.69, 9.17) is 25.8 Å². The molecule has 48 heavy (non-hydrogen) atoms. The molecule has 0 atom stereocenters. The first-order valence-corrected chi connectivity index (χ1v) is 16.4. The second-order valence-electron chi connectivity index (χ2n) is 10.3. The second-order valence-corrected chi connectivity index (χ2v) is 11.7. The van der Waals surface area contributed by atoms with Gasteiger partial charge in [-0.25, -0.2) is 0 Å². The third-order valence-electron chi connectivity index (χ3n) is 6.78. The van der Waals surface area contributed by atoms with Gasteiger partial charge >= 0.3 is 6.18 Å². The van der Waals surface area contributed by atoms with Crippen LogP contribution in [0.25, 0.3) is 5.69 Å². The van der Waals surface area contributed by atoms with Crippen LogP contribution in [0.2, 0.25) is 5.02 Å². The number of carbonyl (C=O) groups excluding carboxylic acids is 2. The number of benzene rings is 3. The number of halogens is 4. The topological polar surface area (TPSA) is 117 Å². The van der Waals surface area contributed by atoms with Crippen molar-refractivity contribution in [3.8, 4) is 22.9 Å². The van der Waals surface area contributed by atoms with Crippen LogP contribution in [-0.4, -0.2) is 52.2 Å². The highest BCUT2D eigenvalue weighted by molar-refractivity contribution is 7.99. The third-order valence-corrected chi connectivity index (χ3v) is 8.04. The number of nitrogens with zero attached hydrogens (tertiary/aromatic N) is 3. The minimum absolute atomic E-state index is 0.0348. The van der Waals surface area contributed by atoms with Crippen LogP contribution in [0.15, 0.2) is 53.7 Å². The first-order valence-electron chi connectivity index (χ1n) is 15.0. The summed E-state index contributed by atoms with van der Waals surface area (Å²) in [5, 5.41) is 14.2. The molecule has 256 valence electrons. The standard InChI is InChI=1S/C33H35ClF3N5O5S/c1-6-45-26-14-21(15-27(46-7-2)30(26)47-8-3)31(44)38-17-28-40-41-32(42(28)25-13-19(4)9-10-20(25)5)48-18-29(43)39-24-16-22(33(35,36)37)11-12-23(24)34/h9-16H,6-8,17-18H2,1-5H3,(H,38,44)(H,39,43). The molecule has 2 amide bonds. The number of nitrogens with one attached hydrogen (secondary N) is 2. The number of hydrogen-bond donors (Lipinski definition) is 2. The number of rotatable bonds is 14. The van der Waals surface area contributed by atoms with E-state index in [1.165, 1.54) is 0 Å². The summed E-state index contributed by atoms with van der Waals surface area (Å²) in [6, 6.07) is 11.7. The highest BCUT2D eigenvalue weighted by Gasteiger charge is 2.31. The molecule has 0 aliphatic rings. The van der Waals surface area contributed by atoms with E-state index in [1.54, 1.807) is 16.7 Å². The normalized spacial score (nSPS) is 11.3. The molecular formula is C33H35ClF3N5O5S. The molecule has 10 nitrogen and oxygen atoms in total. The number of alkyl halides is 3. The first-order chi connectivity index (χ1) is 22.9. The van der Waals surface area contributed by atoms with Gasteiger partial charge in [-0.3, -0.25) is 14.2 Å². The number of carbonyl (C=O) groups is 2. The molecule has 0 saturated heterocycles. The third kappa shape index (κ3) is 8.92. The molecular weight excluding hydrogens is 671 g/mol. The van der Waals surface area contributed by atoms with E-state index in [-0.39, 0.29) is 28.6 Å². The highest BCUT2D eigenvalue weighted by atomic mass is 35.5. The maximum absolute atomic E-state index is 13.4. The summed E-state index contributed by atoms with van der Waals surface area (Å²) < 4.78 is 58.6. The molecule has 0 aliphatic heterocycles. The van der Waals surface area contributed by atoms with E-state index in [2.05, 4.69) is 20.8 Å². The smallest absolute Gasteiger partial charge is 0.416 e. The Morgan fingerprint density at radius 3 is 2.21 bits per heavy atom. The lowest BCUT2D eigenvalue weighted by atomic mass is 10.1. The number of aromatic nitrogens is 3. The first kappa shape index (κ1) is 36.4. The van der Waals surface area contributed by atoms with Crippen molar-refractivity contribution in [2.45, 2.75) is 52.5 Å². The van der Waals surface area contributed by atoms with E-state index in [0.29, 0.717) is 48.1 Å². The van der Waals surface area contributed by atoms with Gasteiger partial charge in [-0.15, -0.1) is 10.2 Å². The minimum Gasteiger partial charge on any atom is -0.490 e. The molecule has 1 heterocycles. The second kappa shape index (κ2) is 16.1. The number of anilines is 1. The highest BCUT2D eigenvalue weighted by Crippen LogP contribution is 2.39. The van der Waals surface area contributed by atoms with Gasteiger partial charge in [0.2, 0.25) is 11.7 Å². The van der Waals surface area contributed by atoms with Crippen LogP contribution in [-0.2, 0) is 17.5 Å². The number of hydrogen-bond acceptors (Lipinski definition) is 8. The van der Waals surface area contributed by atoms with Crippen LogP contribution in [0.3, 0.4) is 0 Å². The van der Waals surface area contributed by atoms with Gasteiger partial charge in [0, 0.05) is 5.56 Å². The van der Waals surface area contributed by atoms with Crippen LogP contribution in [0, 0.1) is 13.8 Å². The summed E-state index contributed by atoms with van der Waals surface area (Å²) in [5.74, 6) is 0.290. The maximum Gasteiger partial charge on any atom is 0.416 e. The van der Waals surface area contributed by atoms with E-state index in [0.717, 1.165) is 46.8 Å². The van der Waals surface area contributed by atoms with Crippen molar-refractivity contribution < 1.29 is 37.0 Å². The van der Waals surface area contributed by atoms with Gasteiger partial charge in [-0.05, 0) is 82.1 Å². The molecule has 0 radical (unpaired) electrons. The largest absolute Gasteiger partial charge is 0.490 e. The summed E-state index contributed by atoms with van der Waals surface area (Å²) in [4.78, 5) is 26.3. The molecule has 1 aromatic heterocycles. The lowest BCUT2D eigenvalue weighted by Gasteiger charge is -2.17. The van der Waals surface area contributed by atoms with Crippen LogP contribution in [0.4, 0.5) is 18.9 Å². The number of aryl methyl sites for hydroxylation is 2. The van der Waals surface area contributed by atoms with Crippen molar-refractivity contribution in [2.24, 2.45) is 0 Å². The Morgan fingerprint density at radius 2 is 1.58 bits per heavy atom. The lowest BCUT2D eigenvalue weighted by molar-refractivity contribution is -0.137. The molecule has 0 bridgehead atoms. The zero-order valence-corrected chi connectivity index (χ0v) is 28.5. The molecule has 4 aromatic rings. The molecule has 0 spiro atoms. The van der Waals surface area contributed by atoms with Crippen molar-refractivity contribution in [2.75, 3.05) is 30.9 Å². The fraction of sp³-hybridized carbons (Fsp3) is 0.333. The van der Waals surface area contributed by atoms with Crippen molar-refractivity contribution >= 4 is 40.9 Å². The molecule has 2 N–H and O–H groups in total. The Bertz CT molecular complexity index is 1760. The summed E-state index contributed by atoms with van der Waals surface area (Å²) in [5.41, 5.74) is 1.74. The number of amides is 2. The van der Waals surface area contributed by atoms with Gasteiger partial charge in [-0.2, -0.15) is 13.2 Å². The Balaban J connectivity index is 1.58. The van der Waals surface area contributed by atoms with Crippen molar-refractivity contribution in [3.63, 3.8) is 0 Å². The van der Waals surface area contributed by atoms with Gasteiger partial charge in [-0.1, -0.05) is 35.5 Å². The predicted octanol–water partition coefficient (Wildman–Crippen LogP) is 7.41. The van der Waals surface area contributed by atoms with E-state index >= 15 is 0 Å². The molecule has 3 aromatic carbocycles. The van der Waals surface area contributed by atoms with Crippen LogP contribution >= 0.6 is 23.4 Å². The van der Waals surface area contributed by atoms with Crippen LogP contribution < -0.4 is 24.8 Å². The lowest BCUT2D eigenvalue weighted by Crippen LogP contribution is -2.25. The summed E-state index contributed by atoms with van der Waals surface area (Å²) in [6.45, 7) is 10.3. The van der Waals surface area contributed by atoms with Crippen LogP contribution in [0.5, 0.6) is 17.2 Å². The summed E-state index contributed by atoms with van der Waals surface area (Å²) in [6.07, 6.45) is -4.60. The zero-order valence-electron chi connectivity index (χ0n) is 27.0. The van der Waals surface area contributed by atoms with Gasteiger partial charge < -0.3 is 24.8 Å². The van der Waals surface area contributed by atoms with Crippen molar-refractivity contribution in [3.05, 3.63) is 81.6 Å². The van der Waals surface area contributed by atoms with E-state index in [1.807, 2.05) is 52.8 Å². The molecule has 0 saturated carbocycles. The van der Waals surface area contributed by atoms with Crippen molar-refractivity contribution in [1.82, 2.24) is 20.1 Å². The molecule has 0 fully saturated rings. The number of thioether (sulfide) groups is 1. The SMILES string of the molecule is CCOc1cc(C(=O)NCc2nnc(SCC(=O)Nc3cc(C(F)(F)F)ccc3Cl)n2-c2cc(C)ccc2C)cc(OCC)c1OCC. The van der Waals surface area contributed by atoms with Crippen molar-refractivity contribution in [1.29, 1.82) is 0 Å². The summed E-state index contributed by atoms with van der Waals surface area (Å²) in [7, 11) is 0. The minimum atomic E-state index is -4.60. The fourth-order valence-corrected chi connectivity index (χ4v) is 5.53. The van der Waals surface area contributed by atoms with E-state index in [9.17, 15) is 22.8 Å². The fourth-order valence-electron chi connectivity index (χ4n) is 4.61. The van der Waals surface area contributed by atoms with Gasteiger partial charge in [0.25, 0.3) is 5.91 Å². The molecule has 4 rings (SSSR count). The van der Waals surface area contributed by atoms with Gasteiger partial charge in [0.05, 0.1) is 54.1 Å². The maximum atomic E-state index is 13.4. The Morgan fingerprint density at radius 1 is 0.917 bits per heavy atom. The molecule has 15 heteroatoms. The van der Waals surface area contributed by atoms with E-state index < -0.39 is 23.6 Å². The number of ether oxygens (including phenoxy) is 3. The Kier molecular flexibility index (Phi) is 12.2. The molecule has 0 unspecified atom stereocenters. The Hall–Kier alpha value is -4.43.